The van der Waals surface area contributed by atoms with Gasteiger partial charge in [-0.05, 0) is 143 Å². The Balaban J connectivity index is 1.17. The van der Waals surface area contributed by atoms with Gasteiger partial charge in [0.25, 0.3) is 0 Å². The zero-order chi connectivity index (χ0) is 52.5. The van der Waals surface area contributed by atoms with E-state index in [4.69, 9.17) is 9.47 Å². The number of likely N-dealkylation sites (tertiary alicyclic amines) is 1. The van der Waals surface area contributed by atoms with Gasteiger partial charge in [-0.25, -0.2) is 9.59 Å². The summed E-state index contributed by atoms with van der Waals surface area (Å²) in [6.45, 7) is 22.0. The number of ether oxygens (including phenoxy) is 2. The summed E-state index contributed by atoms with van der Waals surface area (Å²) in [5.41, 5.74) is 3.89. The van der Waals surface area contributed by atoms with E-state index in [0.29, 0.717) is 5.69 Å². The number of amides is 6. The van der Waals surface area contributed by atoms with Crippen LogP contribution in [-0.4, -0.2) is 93.6 Å². The van der Waals surface area contributed by atoms with Crippen LogP contribution in [0.1, 0.15) is 161 Å². The van der Waals surface area contributed by atoms with Crippen molar-refractivity contribution in [3.63, 3.8) is 0 Å². The number of carbonyl (C=O) groups excluding carboxylic acids is 6. The number of hydrogen-bond donors (Lipinski definition) is 5. The van der Waals surface area contributed by atoms with Crippen molar-refractivity contribution in [3.8, 4) is 0 Å². The summed E-state index contributed by atoms with van der Waals surface area (Å²) in [6, 6.07) is 17.6. The van der Waals surface area contributed by atoms with Crippen molar-refractivity contribution in [1.29, 1.82) is 0 Å². The van der Waals surface area contributed by atoms with E-state index < -0.39 is 70.2 Å². The van der Waals surface area contributed by atoms with Gasteiger partial charge in [-0.2, -0.15) is 0 Å². The summed E-state index contributed by atoms with van der Waals surface area (Å²) >= 11 is 0. The quantitative estimate of drug-likeness (QED) is 0.133. The minimum atomic E-state index is -1.03. The fourth-order valence-corrected chi connectivity index (χ4v) is 10.6. The molecule has 15 nitrogen and oxygen atoms in total. The summed E-state index contributed by atoms with van der Waals surface area (Å²) in [5.74, 6) is -1.34. The lowest BCUT2D eigenvalue weighted by Crippen LogP contribution is -2.61. The molecule has 4 aliphatic rings. The summed E-state index contributed by atoms with van der Waals surface area (Å²) in [4.78, 5) is 88.9. The lowest BCUT2D eigenvalue weighted by atomic mass is 9.84. The van der Waals surface area contributed by atoms with Gasteiger partial charge in [-0.1, -0.05) is 96.1 Å². The monoisotopic (exact) mass is 990 g/mol. The molecule has 0 radical (unpaired) electrons. The van der Waals surface area contributed by atoms with Crippen LogP contribution in [0.3, 0.4) is 0 Å². The molecule has 0 saturated carbocycles. The van der Waals surface area contributed by atoms with Crippen molar-refractivity contribution in [2.75, 3.05) is 11.9 Å². The number of nitrogens with one attached hydrogen (secondary N) is 5. The van der Waals surface area contributed by atoms with Crippen molar-refractivity contribution < 1.29 is 38.2 Å². The molecule has 15 heteroatoms. The molecule has 1 saturated heterocycles. The second kappa shape index (κ2) is 21.2. The standard InChI is InChI=1S/C57H79N7O8/c1-54(2,3)46(61-52(69)71-56(7,8)9)50(67)63-32-37-29-38(28-27-36(37)30-44(63)48(65)59-42-25-17-21-34-19-13-15-23-40(34)42)58-39-31-45(49(66)60-43-26-18-22-35-20-14-16-24-41(35)43)64(33-39)51(68)47(55(4,5)6)62-53(70)72-57(10,11)12/h13-16,19-20,23-24,27-29,39,42-47,58H,17-18,21-22,25-26,30-33H2,1-12H3,(H,59,65)(H,60,66)(H,61,69)(H,62,70)/t39-,42+,43+,44-,45-,46+,47+/m0/s1. The van der Waals surface area contributed by atoms with E-state index in [1.165, 1.54) is 11.1 Å². The van der Waals surface area contributed by atoms with Gasteiger partial charge in [0.1, 0.15) is 35.4 Å². The molecule has 2 heterocycles. The number of fused-ring (bicyclic) bond motifs is 3. The topological polar surface area (TPSA) is 188 Å². The Morgan fingerprint density at radius 2 is 1.04 bits per heavy atom. The third-order valence-electron chi connectivity index (χ3n) is 14.1. The smallest absolute Gasteiger partial charge is 0.408 e. The molecule has 2 aliphatic carbocycles. The van der Waals surface area contributed by atoms with Crippen LogP contribution in [0.15, 0.2) is 66.7 Å². The average molecular weight is 990 g/mol. The van der Waals surface area contributed by atoms with Crippen LogP contribution in [0.4, 0.5) is 15.3 Å². The largest absolute Gasteiger partial charge is 0.444 e. The molecule has 0 bridgehead atoms. The number of anilines is 1. The number of rotatable bonds is 10. The van der Waals surface area contributed by atoms with Crippen LogP contribution in [0, 0.1) is 10.8 Å². The lowest BCUT2D eigenvalue weighted by Gasteiger charge is -2.41. The zero-order valence-corrected chi connectivity index (χ0v) is 44.6. The highest BCUT2D eigenvalue weighted by molar-refractivity contribution is 5.94. The second-order valence-electron chi connectivity index (χ2n) is 24.4. The molecule has 390 valence electrons. The first-order valence-corrected chi connectivity index (χ1v) is 25.9. The highest BCUT2D eigenvalue weighted by atomic mass is 16.6. The number of aryl methyl sites for hydroxylation is 2. The normalized spacial score (nSPS) is 21.9. The number of benzene rings is 3. The van der Waals surface area contributed by atoms with Crippen LogP contribution in [0.2, 0.25) is 0 Å². The fraction of sp³-hybridized carbons (Fsp3) is 0.579. The summed E-state index contributed by atoms with van der Waals surface area (Å²) in [7, 11) is 0. The lowest BCUT2D eigenvalue weighted by molar-refractivity contribution is -0.145. The Morgan fingerprint density at radius 3 is 1.53 bits per heavy atom. The molecule has 7 rings (SSSR count). The van der Waals surface area contributed by atoms with Gasteiger partial charge in [0, 0.05) is 31.2 Å². The Kier molecular flexibility index (Phi) is 15.8. The minimum Gasteiger partial charge on any atom is -0.444 e. The maximum Gasteiger partial charge on any atom is 0.408 e. The second-order valence-corrected chi connectivity index (χ2v) is 24.4. The van der Waals surface area contributed by atoms with Gasteiger partial charge in [0.2, 0.25) is 23.6 Å². The molecular weight excluding hydrogens is 911 g/mol. The molecular formula is C57H79N7O8. The highest BCUT2D eigenvalue weighted by Gasteiger charge is 2.47. The summed E-state index contributed by atoms with van der Waals surface area (Å²) in [5, 5.41) is 15.9. The molecule has 6 amide bonds. The molecule has 0 aromatic heterocycles. The van der Waals surface area contributed by atoms with E-state index in [2.05, 4.69) is 50.8 Å². The third-order valence-corrected chi connectivity index (χ3v) is 14.1. The van der Waals surface area contributed by atoms with E-state index in [-0.39, 0.29) is 55.9 Å². The molecule has 5 N–H and O–H groups in total. The van der Waals surface area contributed by atoms with E-state index >= 15 is 4.79 Å². The molecule has 0 spiro atoms. The fourth-order valence-electron chi connectivity index (χ4n) is 10.6. The Hall–Kier alpha value is -6.12. The van der Waals surface area contributed by atoms with Gasteiger partial charge in [-0.3, -0.25) is 19.2 Å². The molecule has 2 aliphatic heterocycles. The van der Waals surface area contributed by atoms with Crippen LogP contribution >= 0.6 is 0 Å². The molecule has 3 aromatic rings. The first kappa shape index (κ1) is 53.7. The first-order valence-electron chi connectivity index (χ1n) is 25.9. The zero-order valence-electron chi connectivity index (χ0n) is 44.6. The highest BCUT2D eigenvalue weighted by Crippen LogP contribution is 2.36. The van der Waals surface area contributed by atoms with Crippen molar-refractivity contribution in [3.05, 3.63) is 100 Å². The number of nitrogens with zero attached hydrogens (tertiary/aromatic N) is 2. The minimum absolute atomic E-state index is 0.0817. The predicted octanol–water partition coefficient (Wildman–Crippen LogP) is 8.59. The summed E-state index contributed by atoms with van der Waals surface area (Å²) in [6.07, 6.45) is 4.33. The van der Waals surface area contributed by atoms with Crippen LogP contribution in [0.25, 0.3) is 0 Å². The Labute approximate surface area is 426 Å². The summed E-state index contributed by atoms with van der Waals surface area (Å²) < 4.78 is 11.2. The van der Waals surface area contributed by atoms with Gasteiger partial charge < -0.3 is 45.9 Å². The van der Waals surface area contributed by atoms with Gasteiger partial charge in [0.15, 0.2) is 0 Å². The number of carbonyl (C=O) groups is 6. The van der Waals surface area contributed by atoms with Crippen molar-refractivity contribution in [2.24, 2.45) is 10.8 Å². The van der Waals surface area contributed by atoms with Crippen molar-refractivity contribution in [2.45, 2.75) is 194 Å². The van der Waals surface area contributed by atoms with Crippen LogP contribution < -0.4 is 26.6 Å². The molecule has 3 aromatic carbocycles. The maximum atomic E-state index is 15.0. The maximum absolute atomic E-state index is 15.0. The average Bonchev–Trinajstić information content (AvgIpc) is 3.71. The van der Waals surface area contributed by atoms with Gasteiger partial charge in [0.05, 0.1) is 12.1 Å². The SMILES string of the molecule is CC(C)(C)OC(=O)N[C@H](C(=O)N1Cc2cc(N[C@H]3C[C@@H](C(=O)N[C@@H]4CCCc5ccccc54)N(C(=O)[C@@H](NC(=O)OC(C)(C)C)C(C)(C)C)C3)ccc2C[C@H]1C(=O)N[C@@H]1CCCc2ccccc21)C(C)(C)C. The van der Waals surface area contributed by atoms with Gasteiger partial charge in [-0.15, -0.1) is 0 Å². The Morgan fingerprint density at radius 1 is 0.569 bits per heavy atom. The van der Waals surface area contributed by atoms with Gasteiger partial charge >= 0.3 is 12.2 Å². The first-order chi connectivity index (χ1) is 33.6. The Bertz CT molecular complexity index is 2520. The van der Waals surface area contributed by atoms with Crippen molar-refractivity contribution >= 4 is 41.5 Å². The van der Waals surface area contributed by atoms with E-state index in [0.717, 1.165) is 60.8 Å². The number of alkyl carbamates (subject to hydrolysis) is 2. The molecule has 0 unspecified atom stereocenters. The molecule has 1 fully saturated rings. The molecule has 7 atom stereocenters. The van der Waals surface area contributed by atoms with E-state index in [1.807, 2.05) is 84.0 Å². The number of hydrogen-bond acceptors (Lipinski definition) is 9. The molecule has 72 heavy (non-hydrogen) atoms. The van der Waals surface area contributed by atoms with Crippen LogP contribution in [0.5, 0.6) is 0 Å². The third kappa shape index (κ3) is 13.1. The van der Waals surface area contributed by atoms with E-state index in [9.17, 15) is 24.0 Å². The predicted molar refractivity (Wildman–Crippen MR) is 278 cm³/mol. The van der Waals surface area contributed by atoms with Crippen LogP contribution in [-0.2, 0) is 54.5 Å². The van der Waals surface area contributed by atoms with Crippen molar-refractivity contribution in [1.82, 2.24) is 31.1 Å². The van der Waals surface area contributed by atoms with E-state index in [1.54, 1.807) is 51.3 Å².